The normalized spacial score (nSPS) is 11.9. The highest BCUT2D eigenvalue weighted by Crippen LogP contribution is 2.16. The van der Waals surface area contributed by atoms with E-state index in [1.54, 1.807) is 0 Å². The molecule has 0 saturated heterocycles. The number of esters is 3. The van der Waals surface area contributed by atoms with Crippen molar-refractivity contribution in [1.29, 1.82) is 0 Å². The first kappa shape index (κ1) is 51.4. The van der Waals surface area contributed by atoms with Gasteiger partial charge in [-0.25, -0.2) is 0 Å². The number of unbranched alkanes of at least 4 members (excludes halogenated alkanes) is 29. The molecular weight excluding hydrogens is 661 g/mol. The van der Waals surface area contributed by atoms with E-state index in [1.807, 2.05) is 0 Å². The monoisotopic (exact) mass is 751 g/mol. The molecule has 0 rings (SSSR count). The summed E-state index contributed by atoms with van der Waals surface area (Å²) in [4.78, 5) is 37.7. The van der Waals surface area contributed by atoms with E-state index in [2.05, 4.69) is 27.7 Å². The van der Waals surface area contributed by atoms with E-state index >= 15 is 0 Å². The molecule has 0 aliphatic rings. The van der Waals surface area contributed by atoms with Crippen molar-refractivity contribution in [3.8, 4) is 0 Å². The van der Waals surface area contributed by atoms with Crippen molar-refractivity contribution in [3.05, 3.63) is 0 Å². The quantitative estimate of drug-likeness (QED) is 0.0351. The second kappa shape index (κ2) is 41.6. The lowest BCUT2D eigenvalue weighted by Crippen LogP contribution is -2.30. The Morgan fingerprint density at radius 3 is 0.925 bits per heavy atom. The van der Waals surface area contributed by atoms with E-state index in [0.717, 1.165) is 63.7 Å². The lowest BCUT2D eigenvalue weighted by atomic mass is 10.0. The maximum atomic E-state index is 12.7. The summed E-state index contributed by atoms with van der Waals surface area (Å²) in [5.74, 6) is -0.0277. The fourth-order valence-electron chi connectivity index (χ4n) is 6.98. The highest BCUT2D eigenvalue weighted by atomic mass is 16.6. The SMILES string of the molecule is CCCCCCCCCCCCCCC(=O)OC[C@@H](COC(=O)CCCCCCCCCCCCCC(C)C)OC(=O)CCCCCCCCCCC. The fraction of sp³-hybridized carbons (Fsp3) is 0.936. The molecule has 6 nitrogen and oxygen atoms in total. The molecule has 0 saturated carbocycles. The average Bonchev–Trinajstić information content (AvgIpc) is 3.14. The molecule has 0 aliphatic carbocycles. The molecule has 53 heavy (non-hydrogen) atoms. The van der Waals surface area contributed by atoms with Gasteiger partial charge in [-0.15, -0.1) is 0 Å². The van der Waals surface area contributed by atoms with Crippen molar-refractivity contribution in [2.75, 3.05) is 13.2 Å². The third kappa shape index (κ3) is 41.4. The molecule has 0 fully saturated rings. The Morgan fingerprint density at radius 1 is 0.358 bits per heavy atom. The summed E-state index contributed by atoms with van der Waals surface area (Å²) in [5.41, 5.74) is 0. The number of carbonyl (C=O) groups excluding carboxylic acids is 3. The van der Waals surface area contributed by atoms with Gasteiger partial charge in [-0.1, -0.05) is 220 Å². The molecule has 0 aromatic carbocycles. The second-order valence-electron chi connectivity index (χ2n) is 16.5. The Morgan fingerprint density at radius 2 is 0.623 bits per heavy atom. The van der Waals surface area contributed by atoms with E-state index in [9.17, 15) is 14.4 Å². The van der Waals surface area contributed by atoms with Crippen LogP contribution in [0.1, 0.15) is 259 Å². The van der Waals surface area contributed by atoms with Crippen LogP contribution in [0.3, 0.4) is 0 Å². The molecule has 0 aliphatic heterocycles. The second-order valence-corrected chi connectivity index (χ2v) is 16.5. The fourth-order valence-corrected chi connectivity index (χ4v) is 6.98. The Hall–Kier alpha value is -1.59. The maximum Gasteiger partial charge on any atom is 0.306 e. The van der Waals surface area contributed by atoms with E-state index in [0.29, 0.717) is 19.3 Å². The topological polar surface area (TPSA) is 78.9 Å². The molecule has 0 spiro atoms. The van der Waals surface area contributed by atoms with Gasteiger partial charge in [0.2, 0.25) is 0 Å². The minimum atomic E-state index is -0.758. The van der Waals surface area contributed by atoms with Crippen molar-refractivity contribution < 1.29 is 28.6 Å². The van der Waals surface area contributed by atoms with Crippen LogP contribution in [0.5, 0.6) is 0 Å². The molecule has 0 N–H and O–H groups in total. The number of hydrogen-bond acceptors (Lipinski definition) is 6. The predicted octanol–water partition coefficient (Wildman–Crippen LogP) is 14.7. The molecule has 0 radical (unpaired) electrons. The van der Waals surface area contributed by atoms with E-state index in [4.69, 9.17) is 14.2 Å². The number of carbonyl (C=O) groups is 3. The van der Waals surface area contributed by atoms with Crippen LogP contribution in [0.15, 0.2) is 0 Å². The highest BCUT2D eigenvalue weighted by Gasteiger charge is 2.19. The van der Waals surface area contributed by atoms with Crippen LogP contribution in [0, 0.1) is 5.92 Å². The summed E-state index contributed by atoms with van der Waals surface area (Å²) in [6, 6.07) is 0. The van der Waals surface area contributed by atoms with Gasteiger partial charge >= 0.3 is 17.9 Å². The van der Waals surface area contributed by atoms with Gasteiger partial charge in [0, 0.05) is 19.3 Å². The molecule has 0 bridgehead atoms. The number of hydrogen-bond donors (Lipinski definition) is 0. The predicted molar refractivity (Wildman–Crippen MR) is 224 cm³/mol. The Bertz CT molecular complexity index is 796. The van der Waals surface area contributed by atoms with Crippen LogP contribution in [-0.2, 0) is 28.6 Å². The van der Waals surface area contributed by atoms with Crippen molar-refractivity contribution >= 4 is 17.9 Å². The number of rotatable bonds is 42. The molecular formula is C47H90O6. The van der Waals surface area contributed by atoms with Gasteiger partial charge in [-0.05, 0) is 25.2 Å². The maximum absolute atomic E-state index is 12.7. The van der Waals surface area contributed by atoms with Gasteiger partial charge in [0.1, 0.15) is 13.2 Å². The minimum Gasteiger partial charge on any atom is -0.462 e. The van der Waals surface area contributed by atoms with Crippen LogP contribution in [0.25, 0.3) is 0 Å². The summed E-state index contributed by atoms with van der Waals surface area (Å²) in [6.07, 6.45) is 40.8. The Kier molecular flexibility index (Phi) is 40.3. The van der Waals surface area contributed by atoms with Crippen LogP contribution in [-0.4, -0.2) is 37.2 Å². The summed E-state index contributed by atoms with van der Waals surface area (Å²) in [6.45, 7) is 8.98. The van der Waals surface area contributed by atoms with Crippen molar-refractivity contribution in [1.82, 2.24) is 0 Å². The average molecular weight is 751 g/mol. The molecule has 0 amide bonds. The summed E-state index contributed by atoms with van der Waals surface area (Å²) in [7, 11) is 0. The molecule has 0 aromatic heterocycles. The Balaban J connectivity index is 4.28. The molecule has 6 heteroatoms. The van der Waals surface area contributed by atoms with Gasteiger partial charge in [0.25, 0.3) is 0 Å². The number of ether oxygens (including phenoxy) is 3. The summed E-state index contributed by atoms with van der Waals surface area (Å²) >= 11 is 0. The highest BCUT2D eigenvalue weighted by molar-refractivity contribution is 5.71. The third-order valence-electron chi connectivity index (χ3n) is 10.5. The standard InChI is InChI=1S/C47H90O6/c1-5-7-9-11-13-15-16-19-23-26-30-34-38-45(48)51-41-44(53-47(50)40-36-32-28-21-14-12-10-8-6-2)42-52-46(49)39-35-31-27-24-20-17-18-22-25-29-33-37-43(3)4/h43-44H,5-42H2,1-4H3/t44-/m0/s1. The summed E-state index contributed by atoms with van der Waals surface area (Å²) < 4.78 is 16.7. The lowest BCUT2D eigenvalue weighted by Gasteiger charge is -2.18. The first-order valence-corrected chi connectivity index (χ1v) is 23.4. The van der Waals surface area contributed by atoms with Crippen LogP contribution in [0.4, 0.5) is 0 Å². The first-order chi connectivity index (χ1) is 25.9. The zero-order valence-electron chi connectivity index (χ0n) is 36.0. The van der Waals surface area contributed by atoms with Crippen molar-refractivity contribution in [3.63, 3.8) is 0 Å². The molecule has 0 heterocycles. The van der Waals surface area contributed by atoms with Gasteiger partial charge in [0.15, 0.2) is 6.10 Å². The molecule has 314 valence electrons. The molecule has 0 unspecified atom stereocenters. The van der Waals surface area contributed by atoms with Crippen molar-refractivity contribution in [2.24, 2.45) is 5.92 Å². The lowest BCUT2D eigenvalue weighted by molar-refractivity contribution is -0.167. The third-order valence-corrected chi connectivity index (χ3v) is 10.5. The van der Waals surface area contributed by atoms with Gasteiger partial charge in [-0.3, -0.25) is 14.4 Å². The van der Waals surface area contributed by atoms with Crippen LogP contribution < -0.4 is 0 Å². The van der Waals surface area contributed by atoms with Gasteiger partial charge in [-0.2, -0.15) is 0 Å². The van der Waals surface area contributed by atoms with E-state index in [-0.39, 0.29) is 31.1 Å². The smallest absolute Gasteiger partial charge is 0.306 e. The minimum absolute atomic E-state index is 0.0637. The first-order valence-electron chi connectivity index (χ1n) is 23.4. The zero-order chi connectivity index (χ0) is 38.9. The summed E-state index contributed by atoms with van der Waals surface area (Å²) in [5, 5.41) is 0. The molecule has 0 aromatic rings. The van der Waals surface area contributed by atoms with Crippen LogP contribution >= 0.6 is 0 Å². The van der Waals surface area contributed by atoms with Gasteiger partial charge in [0.05, 0.1) is 0 Å². The van der Waals surface area contributed by atoms with Gasteiger partial charge < -0.3 is 14.2 Å². The van der Waals surface area contributed by atoms with Crippen molar-refractivity contribution in [2.45, 2.75) is 265 Å². The molecule has 1 atom stereocenters. The Labute approximate surface area is 329 Å². The van der Waals surface area contributed by atoms with E-state index < -0.39 is 6.10 Å². The largest absolute Gasteiger partial charge is 0.462 e. The zero-order valence-corrected chi connectivity index (χ0v) is 36.0. The van der Waals surface area contributed by atoms with E-state index in [1.165, 1.54) is 154 Å². The van der Waals surface area contributed by atoms with Crippen LogP contribution in [0.2, 0.25) is 0 Å².